The first-order chi connectivity index (χ1) is 17.6. The SMILES string of the molecule is CCCCCCCCCC[Si](OC)(OC)OC.FC1CC=Cc2c1ccc1c2ccc2ccccc21. The first kappa shape index (κ1) is 28.5. The molecule has 5 heteroatoms. The zero-order valence-electron chi connectivity index (χ0n) is 22.5. The van der Waals surface area contributed by atoms with E-state index in [2.05, 4.69) is 49.4 Å². The molecule has 0 amide bonds. The van der Waals surface area contributed by atoms with Crippen LogP contribution in [0.2, 0.25) is 6.04 Å². The molecule has 196 valence electrons. The van der Waals surface area contributed by atoms with Gasteiger partial charge in [0, 0.05) is 33.8 Å². The van der Waals surface area contributed by atoms with Gasteiger partial charge in [0.15, 0.2) is 0 Å². The Bertz CT molecular complexity index is 1100. The number of allylic oxidation sites excluding steroid dienone is 1. The van der Waals surface area contributed by atoms with Crippen molar-refractivity contribution in [1.29, 1.82) is 0 Å². The lowest BCUT2D eigenvalue weighted by atomic mass is 9.89. The highest BCUT2D eigenvalue weighted by Gasteiger charge is 2.36. The molecule has 0 aromatic heterocycles. The van der Waals surface area contributed by atoms with E-state index in [1.807, 2.05) is 18.2 Å². The van der Waals surface area contributed by atoms with Crippen molar-refractivity contribution in [3.05, 3.63) is 65.7 Å². The van der Waals surface area contributed by atoms with Crippen molar-refractivity contribution in [2.75, 3.05) is 21.3 Å². The predicted octanol–water partition coefficient (Wildman–Crippen LogP) is 9.43. The fraction of sp³-hybridized carbons (Fsp3) is 0.484. The fourth-order valence-corrected chi connectivity index (χ4v) is 6.85. The largest absolute Gasteiger partial charge is 0.500 e. The van der Waals surface area contributed by atoms with Crippen LogP contribution < -0.4 is 0 Å². The lowest BCUT2D eigenvalue weighted by Crippen LogP contribution is -2.42. The van der Waals surface area contributed by atoms with Gasteiger partial charge < -0.3 is 13.3 Å². The molecule has 0 aliphatic heterocycles. The Kier molecular flexibility index (Phi) is 11.6. The van der Waals surface area contributed by atoms with E-state index in [0.29, 0.717) is 6.42 Å². The van der Waals surface area contributed by atoms with Gasteiger partial charge in [-0.05, 0) is 39.1 Å². The van der Waals surface area contributed by atoms with Gasteiger partial charge in [0.05, 0.1) is 0 Å². The Morgan fingerprint density at radius 3 is 2.08 bits per heavy atom. The Morgan fingerprint density at radius 1 is 0.750 bits per heavy atom. The average Bonchev–Trinajstić information content (AvgIpc) is 2.93. The van der Waals surface area contributed by atoms with Gasteiger partial charge in [-0.2, -0.15) is 0 Å². The highest BCUT2D eigenvalue weighted by molar-refractivity contribution is 6.60. The van der Waals surface area contributed by atoms with Crippen LogP contribution in [0.5, 0.6) is 0 Å². The van der Waals surface area contributed by atoms with Crippen molar-refractivity contribution in [3.63, 3.8) is 0 Å². The van der Waals surface area contributed by atoms with E-state index >= 15 is 0 Å². The van der Waals surface area contributed by atoms with Gasteiger partial charge in [-0.1, -0.05) is 113 Å². The van der Waals surface area contributed by atoms with E-state index in [9.17, 15) is 4.39 Å². The van der Waals surface area contributed by atoms with Gasteiger partial charge in [-0.15, -0.1) is 0 Å². The van der Waals surface area contributed by atoms with Gasteiger partial charge in [0.25, 0.3) is 0 Å². The molecule has 1 unspecified atom stereocenters. The minimum absolute atomic E-state index is 0.492. The van der Waals surface area contributed by atoms with Crippen molar-refractivity contribution < 1.29 is 17.7 Å². The molecule has 0 N–H and O–H groups in total. The number of benzene rings is 3. The number of halogens is 1. The van der Waals surface area contributed by atoms with Crippen LogP contribution in [-0.2, 0) is 13.3 Å². The summed E-state index contributed by atoms with van der Waals surface area (Å²) in [5, 5.41) is 4.81. The minimum Gasteiger partial charge on any atom is -0.377 e. The van der Waals surface area contributed by atoms with Crippen molar-refractivity contribution in [2.45, 2.75) is 76.9 Å². The summed E-state index contributed by atoms with van der Waals surface area (Å²) in [4.78, 5) is 0. The highest BCUT2D eigenvalue weighted by Crippen LogP contribution is 2.37. The van der Waals surface area contributed by atoms with Crippen LogP contribution in [0.25, 0.3) is 27.6 Å². The number of unbranched alkanes of at least 4 members (excludes halogenated alkanes) is 7. The molecule has 0 fully saturated rings. The molecule has 36 heavy (non-hydrogen) atoms. The third kappa shape index (κ3) is 7.25. The van der Waals surface area contributed by atoms with Crippen molar-refractivity contribution in [2.24, 2.45) is 0 Å². The molecule has 1 atom stereocenters. The molecule has 1 aliphatic rings. The minimum atomic E-state index is -2.30. The summed E-state index contributed by atoms with van der Waals surface area (Å²) in [6.07, 6.45) is 14.2. The zero-order valence-corrected chi connectivity index (χ0v) is 23.5. The van der Waals surface area contributed by atoms with E-state index in [-0.39, 0.29) is 0 Å². The van der Waals surface area contributed by atoms with Crippen molar-refractivity contribution >= 4 is 36.4 Å². The first-order valence-electron chi connectivity index (χ1n) is 13.5. The second kappa shape index (κ2) is 14.6. The van der Waals surface area contributed by atoms with Crippen LogP contribution in [0.3, 0.4) is 0 Å². The van der Waals surface area contributed by atoms with Crippen LogP contribution in [0, 0.1) is 0 Å². The van der Waals surface area contributed by atoms with Crippen LogP contribution in [-0.4, -0.2) is 30.1 Å². The summed E-state index contributed by atoms with van der Waals surface area (Å²) in [5.74, 6) is 0. The van der Waals surface area contributed by atoms with Gasteiger partial charge in [-0.25, -0.2) is 4.39 Å². The summed E-state index contributed by atoms with van der Waals surface area (Å²) < 4.78 is 30.1. The summed E-state index contributed by atoms with van der Waals surface area (Å²) in [5.41, 5.74) is 1.87. The van der Waals surface area contributed by atoms with Crippen molar-refractivity contribution in [1.82, 2.24) is 0 Å². The van der Waals surface area contributed by atoms with E-state index in [1.54, 1.807) is 21.3 Å². The monoisotopic (exact) mass is 510 g/mol. The molecular formula is C31H43FO3Si. The Hall–Kier alpha value is -2.05. The Labute approximate surface area is 218 Å². The molecule has 3 nitrogen and oxygen atoms in total. The molecule has 0 radical (unpaired) electrons. The molecule has 1 aliphatic carbocycles. The maximum absolute atomic E-state index is 14.0. The summed E-state index contributed by atoms with van der Waals surface area (Å²) in [6, 6.07) is 17.5. The smallest absolute Gasteiger partial charge is 0.377 e. The summed E-state index contributed by atoms with van der Waals surface area (Å²) in [6.45, 7) is 2.25. The van der Waals surface area contributed by atoms with Gasteiger partial charge in [0.2, 0.25) is 0 Å². The molecule has 0 bridgehead atoms. The lowest BCUT2D eigenvalue weighted by molar-refractivity contribution is 0.122. The standard InChI is InChI=1S/C18H13F.C13H30O3Si/c19-18-7-3-6-14-16-9-8-12-4-1-2-5-13(12)15(16)10-11-17(14)18;1-5-6-7-8-9-10-11-12-13-17(14-2,15-3)16-4/h1-6,8-11,18H,7H2;5-13H2,1-4H3. The molecule has 0 saturated heterocycles. The molecule has 0 saturated carbocycles. The number of fused-ring (bicyclic) bond motifs is 5. The van der Waals surface area contributed by atoms with E-state index in [0.717, 1.165) is 29.0 Å². The fourth-order valence-electron chi connectivity index (χ4n) is 5.05. The number of rotatable bonds is 12. The number of hydrogen-bond acceptors (Lipinski definition) is 3. The Balaban J connectivity index is 0.000000203. The average molecular weight is 511 g/mol. The number of alkyl halides is 1. The van der Waals surface area contributed by atoms with Crippen LogP contribution >= 0.6 is 0 Å². The Morgan fingerprint density at radius 2 is 1.39 bits per heavy atom. The van der Waals surface area contributed by atoms with Crippen LogP contribution in [0.4, 0.5) is 4.39 Å². The van der Waals surface area contributed by atoms with Gasteiger partial charge in [-0.3, -0.25) is 0 Å². The number of hydrogen-bond donors (Lipinski definition) is 0. The first-order valence-corrected chi connectivity index (χ1v) is 15.4. The van der Waals surface area contributed by atoms with E-state index in [4.69, 9.17) is 13.3 Å². The quantitative estimate of drug-likeness (QED) is 0.138. The molecule has 3 aromatic rings. The summed E-state index contributed by atoms with van der Waals surface area (Å²) >= 11 is 0. The summed E-state index contributed by atoms with van der Waals surface area (Å²) in [7, 11) is 2.75. The van der Waals surface area contributed by atoms with E-state index in [1.165, 1.54) is 61.1 Å². The zero-order chi connectivity index (χ0) is 25.8. The maximum Gasteiger partial charge on any atom is 0.500 e. The highest BCUT2D eigenvalue weighted by atomic mass is 28.4. The molecule has 0 heterocycles. The molecule has 4 rings (SSSR count). The second-order valence-electron chi connectivity index (χ2n) is 9.58. The third-order valence-corrected chi connectivity index (χ3v) is 10.1. The van der Waals surface area contributed by atoms with Crippen LogP contribution in [0.15, 0.2) is 54.6 Å². The van der Waals surface area contributed by atoms with Crippen LogP contribution in [0.1, 0.15) is 82.0 Å². The normalized spacial score (nSPS) is 15.1. The molecule has 3 aromatic carbocycles. The maximum atomic E-state index is 14.0. The predicted molar refractivity (Wildman–Crippen MR) is 153 cm³/mol. The lowest BCUT2D eigenvalue weighted by Gasteiger charge is -2.24. The molecular weight excluding hydrogens is 467 g/mol. The van der Waals surface area contributed by atoms with Crippen molar-refractivity contribution in [3.8, 4) is 0 Å². The third-order valence-electron chi connectivity index (χ3n) is 7.24. The van der Waals surface area contributed by atoms with Gasteiger partial charge in [0.1, 0.15) is 6.17 Å². The van der Waals surface area contributed by atoms with Gasteiger partial charge >= 0.3 is 8.80 Å². The second-order valence-corrected chi connectivity index (χ2v) is 12.7. The topological polar surface area (TPSA) is 27.7 Å². The van der Waals surface area contributed by atoms with E-state index < -0.39 is 15.0 Å². The molecule has 0 spiro atoms.